The lowest BCUT2D eigenvalue weighted by Gasteiger charge is -2.28. The summed E-state index contributed by atoms with van der Waals surface area (Å²) in [6, 6.07) is 0. The Labute approximate surface area is 76.1 Å². The topological polar surface area (TPSA) is 67.8 Å². The molecule has 1 aliphatic heterocycles. The lowest BCUT2D eigenvalue weighted by Crippen LogP contribution is -2.36. The van der Waals surface area contributed by atoms with E-state index in [1.54, 1.807) is 11.8 Å². The summed E-state index contributed by atoms with van der Waals surface area (Å²) in [5.74, 6) is 0.314. The maximum atomic E-state index is 8.46. The van der Waals surface area contributed by atoms with E-state index in [0.29, 0.717) is 11.1 Å². The van der Waals surface area contributed by atoms with Crippen molar-refractivity contribution in [3.63, 3.8) is 0 Å². The van der Waals surface area contributed by atoms with Crippen LogP contribution in [0.1, 0.15) is 13.3 Å². The molecule has 0 saturated carbocycles. The second-order valence-corrected chi connectivity index (χ2v) is 4.23. The molecule has 12 heavy (non-hydrogen) atoms. The van der Waals surface area contributed by atoms with Crippen LogP contribution in [0, 0.1) is 0 Å². The van der Waals surface area contributed by atoms with Gasteiger partial charge in [-0.1, -0.05) is 12.1 Å². The van der Waals surface area contributed by atoms with Crippen molar-refractivity contribution < 1.29 is 9.94 Å². The largest absolute Gasteiger partial charge is 0.409 e. The summed E-state index contributed by atoms with van der Waals surface area (Å²) >= 11 is 1.72. The first-order valence-electron chi connectivity index (χ1n) is 3.98. The highest BCUT2D eigenvalue weighted by atomic mass is 32.2. The molecule has 1 saturated heterocycles. The Kier molecular flexibility index (Phi) is 3.68. The van der Waals surface area contributed by atoms with Crippen LogP contribution in [0.3, 0.4) is 0 Å². The molecule has 0 spiro atoms. The number of oxime groups is 1. The van der Waals surface area contributed by atoms with Crippen LogP contribution in [-0.2, 0) is 4.74 Å². The van der Waals surface area contributed by atoms with Crippen molar-refractivity contribution in [2.75, 3.05) is 13.2 Å². The standard InChI is InChI=1S/C7H14N2O2S/c1-2-6(7(8)9-10)12-5-3-11-4-5/h5-6,10H,2-4H2,1H3,(H2,8,9). The summed E-state index contributed by atoms with van der Waals surface area (Å²) in [5, 5.41) is 12.1. The second-order valence-electron chi connectivity index (χ2n) is 2.72. The van der Waals surface area contributed by atoms with Crippen molar-refractivity contribution >= 4 is 17.6 Å². The number of nitrogens with zero attached hydrogens (tertiary/aromatic N) is 1. The van der Waals surface area contributed by atoms with Crippen LogP contribution in [-0.4, -0.2) is 34.8 Å². The van der Waals surface area contributed by atoms with Gasteiger partial charge in [-0.3, -0.25) is 0 Å². The molecule has 0 aromatic rings. The fourth-order valence-corrected chi connectivity index (χ4v) is 2.16. The average Bonchev–Trinajstić information content (AvgIpc) is 2.02. The predicted octanol–water partition coefficient (Wildman–Crippen LogP) is 0.643. The van der Waals surface area contributed by atoms with E-state index in [-0.39, 0.29) is 5.25 Å². The third-order valence-corrected chi connectivity index (χ3v) is 3.34. The van der Waals surface area contributed by atoms with Gasteiger partial charge in [-0.15, -0.1) is 11.8 Å². The Morgan fingerprint density at radius 1 is 1.83 bits per heavy atom. The molecule has 1 rings (SSSR count). The lowest BCUT2D eigenvalue weighted by molar-refractivity contribution is 0.0454. The molecule has 1 fully saturated rings. The van der Waals surface area contributed by atoms with E-state index in [1.807, 2.05) is 6.92 Å². The van der Waals surface area contributed by atoms with E-state index in [9.17, 15) is 0 Å². The quantitative estimate of drug-likeness (QED) is 0.295. The summed E-state index contributed by atoms with van der Waals surface area (Å²) in [5.41, 5.74) is 5.49. The number of thioether (sulfide) groups is 1. The molecule has 5 heteroatoms. The highest BCUT2D eigenvalue weighted by molar-refractivity contribution is 8.01. The number of hydrogen-bond acceptors (Lipinski definition) is 4. The van der Waals surface area contributed by atoms with Crippen molar-refractivity contribution in [3.05, 3.63) is 0 Å². The van der Waals surface area contributed by atoms with Crippen LogP contribution in [0.25, 0.3) is 0 Å². The second kappa shape index (κ2) is 4.57. The SMILES string of the molecule is CCC(SC1COC1)C(N)=NO. The van der Waals surface area contributed by atoms with E-state index >= 15 is 0 Å². The fourth-order valence-electron chi connectivity index (χ4n) is 0.964. The summed E-state index contributed by atoms with van der Waals surface area (Å²) in [6.07, 6.45) is 0.886. The first kappa shape index (κ1) is 9.67. The van der Waals surface area contributed by atoms with Crippen molar-refractivity contribution in [1.29, 1.82) is 0 Å². The van der Waals surface area contributed by atoms with Gasteiger partial charge in [0.2, 0.25) is 0 Å². The van der Waals surface area contributed by atoms with Crippen LogP contribution >= 0.6 is 11.8 Å². The van der Waals surface area contributed by atoms with Gasteiger partial charge < -0.3 is 15.7 Å². The molecule has 0 aromatic heterocycles. The van der Waals surface area contributed by atoms with Gasteiger partial charge in [0, 0.05) is 0 Å². The number of rotatable bonds is 4. The smallest absolute Gasteiger partial charge is 0.152 e. The Hall–Kier alpha value is -0.420. The van der Waals surface area contributed by atoms with Gasteiger partial charge in [0.1, 0.15) is 0 Å². The summed E-state index contributed by atoms with van der Waals surface area (Å²) in [4.78, 5) is 0. The van der Waals surface area contributed by atoms with Crippen LogP contribution in [0.2, 0.25) is 0 Å². The third-order valence-electron chi connectivity index (χ3n) is 1.78. The number of hydrogen-bond donors (Lipinski definition) is 2. The summed E-state index contributed by atoms with van der Waals surface area (Å²) < 4.78 is 5.03. The molecular weight excluding hydrogens is 176 g/mol. The zero-order valence-corrected chi connectivity index (χ0v) is 7.88. The predicted molar refractivity (Wildman–Crippen MR) is 49.7 cm³/mol. The molecule has 1 unspecified atom stereocenters. The molecule has 0 amide bonds. The Morgan fingerprint density at radius 2 is 2.50 bits per heavy atom. The summed E-state index contributed by atoms with van der Waals surface area (Å²) in [7, 11) is 0. The van der Waals surface area contributed by atoms with Gasteiger partial charge >= 0.3 is 0 Å². The first-order valence-corrected chi connectivity index (χ1v) is 4.92. The van der Waals surface area contributed by atoms with Gasteiger partial charge in [0.05, 0.1) is 23.7 Å². The van der Waals surface area contributed by atoms with Gasteiger partial charge in [-0.2, -0.15) is 0 Å². The number of nitrogens with two attached hydrogens (primary N) is 1. The van der Waals surface area contributed by atoms with Crippen molar-refractivity contribution in [2.24, 2.45) is 10.9 Å². The van der Waals surface area contributed by atoms with E-state index in [4.69, 9.17) is 15.7 Å². The first-order chi connectivity index (χ1) is 5.77. The molecule has 3 N–H and O–H groups in total. The van der Waals surface area contributed by atoms with Gasteiger partial charge in [0.15, 0.2) is 5.84 Å². The fraction of sp³-hybridized carbons (Fsp3) is 0.857. The number of amidine groups is 1. The van der Waals surface area contributed by atoms with Crippen LogP contribution in [0.5, 0.6) is 0 Å². The molecule has 0 bridgehead atoms. The maximum Gasteiger partial charge on any atom is 0.152 e. The highest BCUT2D eigenvalue weighted by Gasteiger charge is 2.24. The van der Waals surface area contributed by atoms with Gasteiger partial charge in [-0.25, -0.2) is 0 Å². The molecule has 0 aromatic carbocycles. The molecule has 1 heterocycles. The Balaban J connectivity index is 2.33. The van der Waals surface area contributed by atoms with Crippen LogP contribution in [0.15, 0.2) is 5.16 Å². The Bertz CT molecular complexity index is 171. The minimum atomic E-state index is 0.129. The summed E-state index contributed by atoms with van der Waals surface area (Å²) in [6.45, 7) is 3.61. The zero-order valence-electron chi connectivity index (χ0n) is 7.06. The van der Waals surface area contributed by atoms with Crippen molar-refractivity contribution in [2.45, 2.75) is 23.8 Å². The molecular formula is C7H14N2O2S. The van der Waals surface area contributed by atoms with Crippen molar-refractivity contribution in [1.82, 2.24) is 0 Å². The van der Waals surface area contributed by atoms with E-state index in [1.165, 1.54) is 0 Å². The molecule has 1 atom stereocenters. The molecule has 0 aliphatic carbocycles. The average molecular weight is 190 g/mol. The number of ether oxygens (including phenoxy) is 1. The van der Waals surface area contributed by atoms with Crippen molar-refractivity contribution in [3.8, 4) is 0 Å². The Morgan fingerprint density at radius 3 is 2.83 bits per heavy atom. The monoisotopic (exact) mass is 190 g/mol. The minimum Gasteiger partial charge on any atom is -0.409 e. The van der Waals surface area contributed by atoms with Crippen LogP contribution < -0.4 is 5.73 Å². The van der Waals surface area contributed by atoms with Gasteiger partial charge in [0.25, 0.3) is 0 Å². The molecule has 4 nitrogen and oxygen atoms in total. The van der Waals surface area contributed by atoms with Gasteiger partial charge in [-0.05, 0) is 6.42 Å². The maximum absolute atomic E-state index is 8.46. The highest BCUT2D eigenvalue weighted by Crippen LogP contribution is 2.25. The minimum absolute atomic E-state index is 0.129. The van der Waals surface area contributed by atoms with E-state index in [0.717, 1.165) is 19.6 Å². The third kappa shape index (κ3) is 2.28. The van der Waals surface area contributed by atoms with E-state index < -0.39 is 0 Å². The van der Waals surface area contributed by atoms with E-state index in [2.05, 4.69) is 5.16 Å². The normalized spacial score (nSPS) is 21.9. The molecule has 1 aliphatic rings. The molecule has 70 valence electrons. The molecule has 0 radical (unpaired) electrons. The van der Waals surface area contributed by atoms with Crippen LogP contribution in [0.4, 0.5) is 0 Å². The lowest BCUT2D eigenvalue weighted by atomic mass is 10.3. The zero-order chi connectivity index (χ0) is 8.97.